The highest BCUT2D eigenvalue weighted by molar-refractivity contribution is 5.85. The van der Waals surface area contributed by atoms with Crippen LogP contribution in [-0.4, -0.2) is 31.0 Å². The molecular weight excluding hydrogens is 416 g/mol. The van der Waals surface area contributed by atoms with Gasteiger partial charge in [-0.2, -0.15) is 10.1 Å². The minimum absolute atomic E-state index is 0.165. The number of nitrogens with zero attached hydrogens (tertiary/aromatic N) is 5. The van der Waals surface area contributed by atoms with Crippen LogP contribution in [0.2, 0.25) is 0 Å². The van der Waals surface area contributed by atoms with Gasteiger partial charge in [0.25, 0.3) is 5.56 Å². The summed E-state index contributed by atoms with van der Waals surface area (Å²) in [5, 5.41) is 5.09. The van der Waals surface area contributed by atoms with Gasteiger partial charge in [0, 0.05) is 38.7 Å². The molecule has 1 N–H and O–H groups in total. The zero-order valence-corrected chi connectivity index (χ0v) is 18.3. The minimum atomic E-state index is -0.457. The van der Waals surface area contributed by atoms with Crippen LogP contribution in [0.3, 0.4) is 0 Å². The Balaban J connectivity index is 1.53. The third-order valence-electron chi connectivity index (χ3n) is 5.19. The standard InChI is InChI=1S/C21H22N6O5/c1-11-8-16(28)32-15-9-13(6-7-14(11)15)31-10-12(2)23-24-20-22-18-17(25(20)3)19(29)27(5)21(30)26(18)4/h6-9H,10H2,1-5H3,(H,22,24). The van der Waals surface area contributed by atoms with Crippen LogP contribution in [0.25, 0.3) is 22.1 Å². The lowest BCUT2D eigenvalue weighted by molar-refractivity contribution is 0.375. The van der Waals surface area contributed by atoms with Crippen molar-refractivity contribution in [3.05, 3.63) is 61.1 Å². The first-order chi connectivity index (χ1) is 15.2. The maximum atomic E-state index is 12.4. The molecular formula is C21H22N6O5. The van der Waals surface area contributed by atoms with Gasteiger partial charge in [0.2, 0.25) is 5.95 Å². The molecule has 0 fully saturated rings. The maximum Gasteiger partial charge on any atom is 0.336 e. The molecule has 3 aromatic heterocycles. The molecule has 0 radical (unpaired) electrons. The Kier molecular flexibility index (Phi) is 5.17. The summed E-state index contributed by atoms with van der Waals surface area (Å²) in [6, 6.07) is 6.72. The Morgan fingerprint density at radius 1 is 1.12 bits per heavy atom. The fourth-order valence-electron chi connectivity index (χ4n) is 3.38. The topological polar surface area (TPSA) is 126 Å². The summed E-state index contributed by atoms with van der Waals surface area (Å²) in [5.74, 6) is 0.836. The fourth-order valence-corrected chi connectivity index (χ4v) is 3.38. The number of hydrogen-bond acceptors (Lipinski definition) is 8. The van der Waals surface area contributed by atoms with Crippen LogP contribution in [0.4, 0.5) is 5.95 Å². The number of aryl methyl sites for hydroxylation is 3. The van der Waals surface area contributed by atoms with Crippen molar-refractivity contribution in [1.29, 1.82) is 0 Å². The third kappa shape index (κ3) is 3.57. The van der Waals surface area contributed by atoms with E-state index < -0.39 is 16.9 Å². The van der Waals surface area contributed by atoms with Gasteiger partial charge in [-0.15, -0.1) is 0 Å². The quantitative estimate of drug-likeness (QED) is 0.282. The van der Waals surface area contributed by atoms with Crippen LogP contribution >= 0.6 is 0 Å². The Hall–Kier alpha value is -4.15. The summed E-state index contributed by atoms with van der Waals surface area (Å²) in [6.07, 6.45) is 0. The Morgan fingerprint density at radius 3 is 2.62 bits per heavy atom. The third-order valence-corrected chi connectivity index (χ3v) is 5.19. The highest BCUT2D eigenvalue weighted by atomic mass is 16.5. The van der Waals surface area contributed by atoms with E-state index in [9.17, 15) is 14.4 Å². The number of aromatic nitrogens is 4. The molecule has 0 aliphatic carbocycles. The van der Waals surface area contributed by atoms with Gasteiger partial charge < -0.3 is 13.7 Å². The van der Waals surface area contributed by atoms with Crippen molar-refractivity contribution >= 4 is 33.8 Å². The number of ether oxygens (including phenoxy) is 1. The molecule has 0 aliphatic heterocycles. The number of benzene rings is 1. The molecule has 0 atom stereocenters. The van der Waals surface area contributed by atoms with Gasteiger partial charge in [-0.1, -0.05) is 0 Å². The average molecular weight is 438 g/mol. The van der Waals surface area contributed by atoms with Crippen molar-refractivity contribution in [1.82, 2.24) is 18.7 Å². The predicted octanol–water partition coefficient (Wildman–Crippen LogP) is 1.25. The highest BCUT2D eigenvalue weighted by Gasteiger charge is 2.16. The van der Waals surface area contributed by atoms with E-state index in [1.54, 1.807) is 37.7 Å². The first-order valence-corrected chi connectivity index (χ1v) is 9.76. The summed E-state index contributed by atoms with van der Waals surface area (Å²) in [6.45, 7) is 3.77. The number of imidazole rings is 1. The van der Waals surface area contributed by atoms with E-state index in [4.69, 9.17) is 9.15 Å². The second kappa shape index (κ2) is 7.84. The van der Waals surface area contributed by atoms with Crippen molar-refractivity contribution in [3.8, 4) is 5.75 Å². The molecule has 166 valence electrons. The van der Waals surface area contributed by atoms with Crippen LogP contribution in [0, 0.1) is 6.92 Å². The summed E-state index contributed by atoms with van der Waals surface area (Å²) in [7, 11) is 4.63. The number of hydrogen-bond donors (Lipinski definition) is 1. The van der Waals surface area contributed by atoms with Gasteiger partial charge in [0.05, 0.1) is 5.71 Å². The second-order valence-corrected chi connectivity index (χ2v) is 7.53. The molecule has 0 aliphatic rings. The first-order valence-electron chi connectivity index (χ1n) is 9.76. The fraction of sp³-hybridized carbons (Fsp3) is 0.286. The van der Waals surface area contributed by atoms with E-state index in [1.807, 2.05) is 13.0 Å². The average Bonchev–Trinajstić information content (AvgIpc) is 3.09. The van der Waals surface area contributed by atoms with E-state index in [0.29, 0.717) is 23.0 Å². The molecule has 11 heteroatoms. The largest absolute Gasteiger partial charge is 0.487 e. The van der Waals surface area contributed by atoms with Gasteiger partial charge in [0.1, 0.15) is 17.9 Å². The lowest BCUT2D eigenvalue weighted by Gasteiger charge is -2.08. The summed E-state index contributed by atoms with van der Waals surface area (Å²) in [4.78, 5) is 40.5. The minimum Gasteiger partial charge on any atom is -0.487 e. The summed E-state index contributed by atoms with van der Waals surface area (Å²) >= 11 is 0. The summed E-state index contributed by atoms with van der Waals surface area (Å²) in [5.41, 5.74) is 3.94. The summed E-state index contributed by atoms with van der Waals surface area (Å²) < 4.78 is 14.9. The maximum absolute atomic E-state index is 12.4. The lowest BCUT2D eigenvalue weighted by atomic mass is 10.1. The van der Waals surface area contributed by atoms with Gasteiger partial charge in [-0.3, -0.25) is 13.9 Å². The monoisotopic (exact) mass is 438 g/mol. The second-order valence-electron chi connectivity index (χ2n) is 7.53. The molecule has 4 aromatic rings. The molecule has 11 nitrogen and oxygen atoms in total. The molecule has 32 heavy (non-hydrogen) atoms. The molecule has 1 aromatic carbocycles. The van der Waals surface area contributed by atoms with Gasteiger partial charge >= 0.3 is 11.3 Å². The smallest absolute Gasteiger partial charge is 0.336 e. The first kappa shape index (κ1) is 21.1. The number of rotatable bonds is 5. The molecule has 0 spiro atoms. The molecule has 0 unspecified atom stereocenters. The SMILES string of the molecule is CC(COc1ccc2c(C)cc(=O)oc2c1)=NNc1nc2c(c(=O)n(C)c(=O)n2C)n1C. The van der Waals surface area contributed by atoms with Crippen LogP contribution in [0.15, 0.2) is 48.2 Å². The number of hydrazone groups is 1. The van der Waals surface area contributed by atoms with Gasteiger partial charge in [-0.05, 0) is 31.5 Å². The number of anilines is 1. The zero-order chi connectivity index (χ0) is 23.2. The van der Waals surface area contributed by atoms with E-state index >= 15 is 0 Å². The van der Waals surface area contributed by atoms with E-state index in [1.165, 1.54) is 17.7 Å². The lowest BCUT2D eigenvalue weighted by Crippen LogP contribution is -2.37. The van der Waals surface area contributed by atoms with Crippen LogP contribution in [-0.2, 0) is 21.1 Å². The molecule has 0 saturated carbocycles. The van der Waals surface area contributed by atoms with Crippen molar-refractivity contribution < 1.29 is 9.15 Å². The van der Waals surface area contributed by atoms with Crippen molar-refractivity contribution in [2.75, 3.05) is 12.0 Å². The van der Waals surface area contributed by atoms with Crippen molar-refractivity contribution in [3.63, 3.8) is 0 Å². The molecule has 0 saturated heterocycles. The Bertz CT molecular complexity index is 1570. The molecule has 3 heterocycles. The van der Waals surface area contributed by atoms with E-state index in [2.05, 4.69) is 15.5 Å². The number of nitrogens with one attached hydrogen (secondary N) is 1. The van der Waals surface area contributed by atoms with E-state index in [-0.39, 0.29) is 17.8 Å². The predicted molar refractivity (Wildman–Crippen MR) is 121 cm³/mol. The zero-order valence-electron chi connectivity index (χ0n) is 18.3. The Labute approximate surface area is 181 Å². The van der Waals surface area contributed by atoms with Crippen LogP contribution < -0.4 is 27.0 Å². The highest BCUT2D eigenvalue weighted by Crippen LogP contribution is 2.22. The Morgan fingerprint density at radius 2 is 1.88 bits per heavy atom. The van der Waals surface area contributed by atoms with Crippen LogP contribution in [0.5, 0.6) is 5.75 Å². The van der Waals surface area contributed by atoms with E-state index in [0.717, 1.165) is 15.5 Å². The van der Waals surface area contributed by atoms with Crippen LogP contribution in [0.1, 0.15) is 12.5 Å². The number of fused-ring (bicyclic) bond motifs is 2. The van der Waals surface area contributed by atoms with Crippen molar-refractivity contribution in [2.45, 2.75) is 13.8 Å². The van der Waals surface area contributed by atoms with Gasteiger partial charge in [-0.25, -0.2) is 15.0 Å². The molecule has 4 rings (SSSR count). The van der Waals surface area contributed by atoms with Gasteiger partial charge in [0.15, 0.2) is 11.2 Å². The van der Waals surface area contributed by atoms with Crippen molar-refractivity contribution in [2.24, 2.45) is 26.2 Å². The normalized spacial score (nSPS) is 12.0. The molecule has 0 bridgehead atoms. The molecule has 0 amide bonds.